The molecule has 7 heteroatoms. The Kier molecular flexibility index (Phi) is 14.7. The van der Waals surface area contributed by atoms with Gasteiger partial charge in [0.25, 0.3) is 0 Å². The third-order valence-electron chi connectivity index (χ3n) is 2.04. The summed E-state index contributed by atoms with van der Waals surface area (Å²) in [6.07, 6.45) is 0. The summed E-state index contributed by atoms with van der Waals surface area (Å²) in [6, 6.07) is 19.3. The SMILES string of the molecule is S=C([S-])Nc1ccccc1.S=C([S-])Nc1ccccc1.[CH3][Sn+2][CH3]. The second-order valence-electron chi connectivity index (χ2n) is 4.06. The summed E-state index contributed by atoms with van der Waals surface area (Å²) in [6.45, 7) is 0. The van der Waals surface area contributed by atoms with E-state index in [2.05, 4.69) is 70.2 Å². The van der Waals surface area contributed by atoms with Gasteiger partial charge in [-0.05, 0) is 24.3 Å². The van der Waals surface area contributed by atoms with Gasteiger partial charge in [-0.15, -0.1) is 0 Å². The van der Waals surface area contributed by atoms with Crippen LogP contribution in [0.2, 0.25) is 9.88 Å². The molecule has 120 valence electrons. The summed E-state index contributed by atoms with van der Waals surface area (Å²) in [7, 11) is 0. The first kappa shape index (κ1) is 22.5. The third kappa shape index (κ3) is 14.8. The molecule has 0 heterocycles. The fourth-order valence-electron chi connectivity index (χ4n) is 1.28. The van der Waals surface area contributed by atoms with Crippen molar-refractivity contribution in [1.29, 1.82) is 0 Å². The topological polar surface area (TPSA) is 24.1 Å². The number of benzene rings is 2. The average Bonchev–Trinajstić information content (AvgIpc) is 2.49. The van der Waals surface area contributed by atoms with Gasteiger partial charge in [0, 0.05) is 11.4 Å². The number of anilines is 2. The monoisotopic (exact) mass is 486 g/mol. The molecule has 0 amide bonds. The number of thiocarbonyl (C=S) groups is 2. The number of hydrogen-bond donors (Lipinski definition) is 2. The average molecular weight is 485 g/mol. The zero-order chi connectivity index (χ0) is 17.5. The van der Waals surface area contributed by atoms with Gasteiger partial charge in [-0.25, -0.2) is 0 Å². The van der Waals surface area contributed by atoms with E-state index in [1.807, 2.05) is 60.7 Å². The molecule has 2 aromatic rings. The Bertz CT molecular complexity index is 513. The molecule has 0 aliphatic rings. The van der Waals surface area contributed by atoms with Crippen molar-refractivity contribution in [3.8, 4) is 0 Å². The molecule has 0 fully saturated rings. The van der Waals surface area contributed by atoms with Gasteiger partial charge in [0.1, 0.15) is 0 Å². The van der Waals surface area contributed by atoms with Crippen LogP contribution in [0.4, 0.5) is 11.4 Å². The van der Waals surface area contributed by atoms with E-state index in [9.17, 15) is 0 Å². The molecule has 2 nitrogen and oxygen atoms in total. The van der Waals surface area contributed by atoms with Gasteiger partial charge >= 0.3 is 31.0 Å². The summed E-state index contributed by atoms with van der Waals surface area (Å²) < 4.78 is 0.761. The molecule has 0 atom stereocenters. The van der Waals surface area contributed by atoms with Crippen molar-refractivity contribution < 1.29 is 0 Å². The number of hydrogen-bond acceptors (Lipinski definition) is 4. The van der Waals surface area contributed by atoms with Gasteiger partial charge < -0.3 is 60.3 Å². The minimum atomic E-state index is 0.230. The van der Waals surface area contributed by atoms with Crippen LogP contribution in [0.3, 0.4) is 0 Å². The summed E-state index contributed by atoms with van der Waals surface area (Å²) >= 11 is 19.0. The summed E-state index contributed by atoms with van der Waals surface area (Å²) in [5.74, 6) is 0. The molecule has 23 heavy (non-hydrogen) atoms. The van der Waals surface area contributed by atoms with E-state index < -0.39 is 0 Å². The van der Waals surface area contributed by atoms with Crippen molar-refractivity contribution in [3.63, 3.8) is 0 Å². The van der Waals surface area contributed by atoms with Crippen LogP contribution >= 0.6 is 24.4 Å². The number of rotatable bonds is 2. The maximum absolute atomic E-state index is 4.68. The van der Waals surface area contributed by atoms with E-state index in [4.69, 9.17) is 0 Å². The van der Waals surface area contributed by atoms with Crippen molar-refractivity contribution in [1.82, 2.24) is 0 Å². The molecule has 2 N–H and O–H groups in total. The summed E-state index contributed by atoms with van der Waals surface area (Å²) in [4.78, 5) is 4.59. The molecule has 0 saturated heterocycles. The van der Waals surface area contributed by atoms with E-state index in [-0.39, 0.29) is 21.1 Å². The van der Waals surface area contributed by atoms with Crippen molar-refractivity contribution in [2.75, 3.05) is 10.6 Å². The maximum atomic E-state index is 4.68. The molecule has 0 bridgehead atoms. The first-order valence-electron chi connectivity index (χ1n) is 6.64. The molecule has 0 aliphatic heterocycles. The Morgan fingerprint density at radius 3 is 1.22 bits per heavy atom. The minimum absolute atomic E-state index is 0.230. The first-order valence-corrected chi connectivity index (χ1v) is 14.0. The van der Waals surface area contributed by atoms with E-state index >= 15 is 0 Å². The molecule has 0 radical (unpaired) electrons. The Morgan fingerprint density at radius 2 is 1.00 bits per heavy atom. The standard InChI is InChI=1S/2C7H7NS2.2CH3.Sn/c2*9-7(10)8-6-4-2-1-3-5-6;;;/h2*1-5H,(H2,8,9,10);2*1H3;/q;;;;+2/p-2. The second-order valence-corrected chi connectivity index (χ2v) is 9.06. The Balaban J connectivity index is 0.000000360. The van der Waals surface area contributed by atoms with Gasteiger partial charge in [-0.1, -0.05) is 45.0 Å². The third-order valence-corrected chi connectivity index (χ3v) is 2.45. The number of nitrogens with one attached hydrogen (secondary N) is 2. The van der Waals surface area contributed by atoms with Crippen molar-refractivity contribution in [3.05, 3.63) is 60.7 Å². The molecule has 0 spiro atoms. The Labute approximate surface area is 170 Å². The fourth-order valence-corrected chi connectivity index (χ4v) is 1.75. The molecular formula is C16H18N2S4Sn. The molecule has 0 unspecified atom stereocenters. The van der Waals surface area contributed by atoms with Crippen LogP contribution in [0.15, 0.2) is 60.7 Å². The predicted octanol–water partition coefficient (Wildman–Crippen LogP) is 4.65. The second kappa shape index (κ2) is 15.0. The quantitative estimate of drug-likeness (QED) is 0.365. The zero-order valence-corrected chi connectivity index (χ0v) is 19.0. The van der Waals surface area contributed by atoms with Gasteiger partial charge in [0.15, 0.2) is 0 Å². The molecule has 0 aromatic heterocycles. The van der Waals surface area contributed by atoms with Crippen molar-refractivity contribution >= 4 is 90.9 Å². The Hall–Kier alpha value is -0.541. The first-order chi connectivity index (χ1) is 11.0. The predicted molar refractivity (Wildman–Crippen MR) is 118 cm³/mol. The normalized spacial score (nSPS) is 8.09. The molecular weight excluding hydrogens is 467 g/mol. The van der Waals surface area contributed by atoms with Crippen LogP contribution < -0.4 is 10.6 Å². The van der Waals surface area contributed by atoms with E-state index in [0.717, 1.165) is 11.4 Å². The number of para-hydroxylation sites is 2. The van der Waals surface area contributed by atoms with Gasteiger partial charge in [-0.2, -0.15) is 0 Å². The summed E-state index contributed by atoms with van der Waals surface area (Å²) in [5, 5.41) is 5.70. The van der Waals surface area contributed by atoms with Gasteiger partial charge in [-0.3, -0.25) is 0 Å². The van der Waals surface area contributed by atoms with Gasteiger partial charge in [0.2, 0.25) is 0 Å². The van der Waals surface area contributed by atoms with E-state index in [0.29, 0.717) is 8.64 Å². The molecule has 2 aromatic carbocycles. The van der Waals surface area contributed by atoms with Crippen molar-refractivity contribution in [2.45, 2.75) is 9.88 Å². The van der Waals surface area contributed by atoms with Crippen LogP contribution in [-0.4, -0.2) is 29.8 Å². The van der Waals surface area contributed by atoms with Crippen LogP contribution in [0.5, 0.6) is 0 Å². The van der Waals surface area contributed by atoms with Crippen LogP contribution in [0, 0.1) is 0 Å². The van der Waals surface area contributed by atoms with Crippen LogP contribution in [0.25, 0.3) is 0 Å². The van der Waals surface area contributed by atoms with Crippen molar-refractivity contribution in [2.24, 2.45) is 0 Å². The van der Waals surface area contributed by atoms with Crippen LogP contribution in [0.1, 0.15) is 0 Å². The van der Waals surface area contributed by atoms with Crippen LogP contribution in [-0.2, 0) is 25.3 Å². The van der Waals surface area contributed by atoms with Gasteiger partial charge in [0.05, 0.1) is 0 Å². The fraction of sp³-hybridized carbons (Fsp3) is 0.125. The molecule has 0 aliphatic carbocycles. The zero-order valence-electron chi connectivity index (χ0n) is 12.9. The molecule has 0 saturated carbocycles. The van der Waals surface area contributed by atoms with E-state index in [1.54, 1.807) is 0 Å². The molecule has 2 rings (SSSR count). The Morgan fingerprint density at radius 1 is 0.739 bits per heavy atom. The summed E-state index contributed by atoms with van der Waals surface area (Å²) in [5.41, 5.74) is 1.89. The van der Waals surface area contributed by atoms with E-state index in [1.165, 1.54) is 0 Å².